The summed E-state index contributed by atoms with van der Waals surface area (Å²) in [6.45, 7) is 0. The molecule has 0 atom stereocenters. The number of H-pyrrole nitrogens is 2. The number of hydrogen-bond acceptors (Lipinski definition) is 5. The van der Waals surface area contributed by atoms with E-state index in [2.05, 4.69) is 47.9 Å². The molecule has 0 bridgehead atoms. The Balaban J connectivity index is 1.13. The van der Waals surface area contributed by atoms with E-state index in [9.17, 15) is 4.79 Å². The van der Waals surface area contributed by atoms with Gasteiger partial charge in [-0.3, -0.25) is 14.5 Å². The normalized spacial score (nSPS) is 18.1. The number of imidazole rings is 2. The zero-order valence-electron chi connectivity index (χ0n) is 20.1. The van der Waals surface area contributed by atoms with Crippen LogP contribution in [0.2, 0.25) is 0 Å². The van der Waals surface area contributed by atoms with Crippen LogP contribution in [0.4, 0.5) is 11.8 Å². The smallest absolute Gasteiger partial charge is 0.229 e. The summed E-state index contributed by atoms with van der Waals surface area (Å²) in [6.07, 6.45) is 6.95. The van der Waals surface area contributed by atoms with Gasteiger partial charge < -0.3 is 15.7 Å². The monoisotopic (exact) mass is 490 g/mol. The second-order valence-corrected chi connectivity index (χ2v) is 9.76. The predicted octanol–water partition coefficient (Wildman–Crippen LogP) is 5.25. The van der Waals surface area contributed by atoms with Gasteiger partial charge in [0.1, 0.15) is 22.9 Å². The molecule has 6 aromatic rings. The first-order valence-electron chi connectivity index (χ1n) is 12.6. The number of nitrogen functional groups attached to an aromatic ring is 1. The Labute approximate surface area is 212 Å². The lowest BCUT2D eigenvalue weighted by atomic mass is 9.81. The third-order valence-corrected chi connectivity index (χ3v) is 7.49. The number of carbonyl (C=O) groups is 1. The van der Waals surface area contributed by atoms with E-state index in [1.54, 1.807) is 6.20 Å². The van der Waals surface area contributed by atoms with Crippen LogP contribution in [-0.4, -0.2) is 35.2 Å². The summed E-state index contributed by atoms with van der Waals surface area (Å²) in [6, 6.07) is 18.0. The van der Waals surface area contributed by atoms with Crippen molar-refractivity contribution in [3.05, 3.63) is 72.8 Å². The van der Waals surface area contributed by atoms with Gasteiger partial charge in [-0.2, -0.15) is 0 Å². The van der Waals surface area contributed by atoms with Crippen molar-refractivity contribution in [1.82, 2.24) is 29.3 Å². The van der Waals surface area contributed by atoms with Crippen LogP contribution < -0.4 is 11.1 Å². The van der Waals surface area contributed by atoms with Crippen molar-refractivity contribution in [3.8, 4) is 11.4 Å². The Morgan fingerprint density at radius 3 is 2.57 bits per heavy atom. The molecule has 9 heteroatoms. The van der Waals surface area contributed by atoms with Crippen LogP contribution in [0.3, 0.4) is 0 Å². The number of carbonyl (C=O) groups excluding carboxylic acids is 1. The van der Waals surface area contributed by atoms with E-state index >= 15 is 0 Å². The molecule has 0 saturated heterocycles. The molecule has 4 aromatic heterocycles. The molecule has 37 heavy (non-hydrogen) atoms. The van der Waals surface area contributed by atoms with Gasteiger partial charge in [0.15, 0.2) is 0 Å². The molecule has 184 valence electrons. The van der Waals surface area contributed by atoms with Gasteiger partial charge in [0.25, 0.3) is 0 Å². The molecule has 0 spiro atoms. The highest BCUT2D eigenvalue weighted by atomic mass is 16.2. The van der Waals surface area contributed by atoms with E-state index < -0.39 is 0 Å². The number of amides is 1. The molecule has 7 rings (SSSR count). The number of para-hydroxylation sites is 3. The molecule has 9 nitrogen and oxygen atoms in total. The third kappa shape index (κ3) is 3.70. The number of rotatable bonds is 4. The van der Waals surface area contributed by atoms with Crippen molar-refractivity contribution in [2.24, 2.45) is 5.92 Å². The molecule has 1 aliphatic rings. The van der Waals surface area contributed by atoms with E-state index in [0.29, 0.717) is 11.8 Å². The number of hydrogen-bond donors (Lipinski definition) is 4. The highest BCUT2D eigenvalue weighted by molar-refractivity contribution is 5.93. The molecule has 1 aliphatic carbocycles. The molecule has 1 saturated carbocycles. The van der Waals surface area contributed by atoms with Gasteiger partial charge in [-0.1, -0.05) is 30.3 Å². The molecule has 0 unspecified atom stereocenters. The molecule has 4 heterocycles. The van der Waals surface area contributed by atoms with Crippen molar-refractivity contribution in [3.63, 3.8) is 0 Å². The fourth-order valence-corrected chi connectivity index (χ4v) is 5.61. The Kier molecular flexibility index (Phi) is 4.95. The summed E-state index contributed by atoms with van der Waals surface area (Å²) in [5.41, 5.74) is 11.7. The molecular formula is C28H26N8O. The minimum atomic E-state index is -0.0596. The Bertz CT molecular complexity index is 1700. The molecule has 0 aliphatic heterocycles. The Morgan fingerprint density at radius 2 is 1.76 bits per heavy atom. The average Bonchev–Trinajstić information content (AvgIpc) is 3.63. The number of fused-ring (bicyclic) bond motifs is 3. The Morgan fingerprint density at radius 1 is 0.973 bits per heavy atom. The number of anilines is 2. The minimum absolute atomic E-state index is 0.0118. The topological polar surface area (TPSA) is 130 Å². The highest BCUT2D eigenvalue weighted by Crippen LogP contribution is 2.39. The van der Waals surface area contributed by atoms with Crippen molar-refractivity contribution in [1.29, 1.82) is 0 Å². The predicted molar refractivity (Wildman–Crippen MR) is 144 cm³/mol. The van der Waals surface area contributed by atoms with Crippen LogP contribution in [0.25, 0.3) is 38.8 Å². The largest absolute Gasteiger partial charge is 0.382 e. The number of benzene rings is 2. The summed E-state index contributed by atoms with van der Waals surface area (Å²) < 4.78 is 2.07. The van der Waals surface area contributed by atoms with Gasteiger partial charge >= 0.3 is 0 Å². The second-order valence-electron chi connectivity index (χ2n) is 9.76. The van der Waals surface area contributed by atoms with Gasteiger partial charge in [0, 0.05) is 35.1 Å². The maximum absolute atomic E-state index is 13.0. The second kappa shape index (κ2) is 8.48. The maximum atomic E-state index is 13.0. The zero-order valence-corrected chi connectivity index (χ0v) is 20.1. The van der Waals surface area contributed by atoms with Gasteiger partial charge in [-0.15, -0.1) is 0 Å². The van der Waals surface area contributed by atoms with E-state index in [1.165, 1.54) is 0 Å². The number of nitrogens with zero attached hydrogens (tertiary/aromatic N) is 4. The van der Waals surface area contributed by atoms with E-state index in [1.807, 2.05) is 42.6 Å². The van der Waals surface area contributed by atoms with Crippen LogP contribution in [0.15, 0.2) is 67.0 Å². The van der Waals surface area contributed by atoms with E-state index in [0.717, 1.165) is 70.3 Å². The number of nitrogens with one attached hydrogen (secondary N) is 3. The van der Waals surface area contributed by atoms with Crippen LogP contribution in [-0.2, 0) is 4.79 Å². The van der Waals surface area contributed by atoms with Crippen LogP contribution in [0, 0.1) is 5.92 Å². The third-order valence-electron chi connectivity index (χ3n) is 7.49. The lowest BCUT2D eigenvalue weighted by Crippen LogP contribution is -2.27. The van der Waals surface area contributed by atoms with Gasteiger partial charge in [-0.25, -0.2) is 15.0 Å². The molecule has 5 N–H and O–H groups in total. The molecular weight excluding hydrogens is 464 g/mol. The summed E-state index contributed by atoms with van der Waals surface area (Å²) >= 11 is 0. The summed E-state index contributed by atoms with van der Waals surface area (Å²) in [7, 11) is 0. The van der Waals surface area contributed by atoms with Gasteiger partial charge in [0.2, 0.25) is 11.9 Å². The molecule has 1 fully saturated rings. The quantitative estimate of drug-likeness (QED) is 0.268. The first kappa shape index (κ1) is 21.6. The molecule has 2 aromatic carbocycles. The zero-order chi connectivity index (χ0) is 24.9. The van der Waals surface area contributed by atoms with Gasteiger partial charge in [0.05, 0.1) is 16.7 Å². The minimum Gasteiger partial charge on any atom is -0.382 e. The van der Waals surface area contributed by atoms with Gasteiger partial charge in [-0.05, 0) is 49.9 Å². The van der Waals surface area contributed by atoms with Crippen molar-refractivity contribution in [2.75, 3.05) is 11.1 Å². The van der Waals surface area contributed by atoms with E-state index in [4.69, 9.17) is 10.7 Å². The summed E-state index contributed by atoms with van der Waals surface area (Å²) in [5.74, 6) is 2.09. The molecule has 0 radical (unpaired) electrons. The van der Waals surface area contributed by atoms with Crippen LogP contribution in [0.1, 0.15) is 37.4 Å². The standard InChI is InChI=1S/C28H26N8O/c29-25-24-23(22-15-18-5-1-2-6-19(18)31-22)34-26(36(24)14-13-30-25)16-9-11-17(12-10-16)27(37)35-28-32-20-7-3-4-8-21(20)33-28/h1-8,13-17,31H,9-12H2,(H2,29,30)(H2,32,33,35,37)/t16-,17-. The molecule has 1 amide bonds. The first-order valence-corrected chi connectivity index (χ1v) is 12.6. The fraction of sp³-hybridized carbons (Fsp3) is 0.214. The van der Waals surface area contributed by atoms with Crippen LogP contribution in [0.5, 0.6) is 0 Å². The maximum Gasteiger partial charge on any atom is 0.229 e. The Hall–Kier alpha value is -4.66. The first-order chi connectivity index (χ1) is 18.1. The lowest BCUT2D eigenvalue weighted by molar-refractivity contribution is -0.120. The highest BCUT2D eigenvalue weighted by Gasteiger charge is 2.31. The number of aromatic nitrogens is 6. The van der Waals surface area contributed by atoms with Crippen molar-refractivity contribution >= 4 is 45.1 Å². The fourth-order valence-electron chi connectivity index (χ4n) is 5.61. The summed E-state index contributed by atoms with van der Waals surface area (Å²) in [4.78, 5) is 33.6. The number of aromatic amines is 2. The summed E-state index contributed by atoms with van der Waals surface area (Å²) in [5, 5.41) is 4.10. The van der Waals surface area contributed by atoms with E-state index in [-0.39, 0.29) is 17.7 Å². The SMILES string of the molecule is Nc1nccn2c1c(-c1cc3ccccc3[nH]1)nc2[C@H]1CC[C@H](C(=O)Nc2nc3ccccc3[nH]2)CC1. The van der Waals surface area contributed by atoms with Crippen LogP contribution >= 0.6 is 0 Å². The lowest BCUT2D eigenvalue weighted by Gasteiger charge is -2.26. The average molecular weight is 491 g/mol. The number of nitrogens with two attached hydrogens (primary N) is 1. The van der Waals surface area contributed by atoms with Crippen molar-refractivity contribution in [2.45, 2.75) is 31.6 Å². The van der Waals surface area contributed by atoms with Crippen molar-refractivity contribution < 1.29 is 4.79 Å².